The topological polar surface area (TPSA) is 33.4 Å². The molecule has 0 bridgehead atoms. The molecule has 0 aliphatic carbocycles. The van der Waals surface area contributed by atoms with Crippen LogP contribution < -0.4 is 0 Å². The lowest BCUT2D eigenvalue weighted by atomic mass is 10.1. The van der Waals surface area contributed by atoms with Gasteiger partial charge in [0.15, 0.2) is 0 Å². The maximum Gasteiger partial charge on any atom is 0.134 e. The molecule has 0 spiro atoms. The molecule has 2 heteroatoms. The highest BCUT2D eigenvalue weighted by Gasteiger charge is 2.04. The Kier molecular flexibility index (Phi) is 2.60. The number of aliphatic hydroxyl groups excluding tert-OH is 1. The van der Waals surface area contributed by atoms with Gasteiger partial charge in [-0.2, -0.15) is 0 Å². The fourth-order valence-electron chi connectivity index (χ4n) is 1.48. The zero-order valence-corrected chi connectivity index (χ0v) is 8.90. The van der Waals surface area contributed by atoms with E-state index >= 15 is 0 Å². The van der Waals surface area contributed by atoms with Gasteiger partial charge in [-0.3, -0.25) is 0 Å². The second kappa shape index (κ2) is 3.91. The van der Waals surface area contributed by atoms with Crippen LogP contribution in [-0.2, 0) is 0 Å². The van der Waals surface area contributed by atoms with E-state index in [4.69, 9.17) is 4.42 Å². The summed E-state index contributed by atoms with van der Waals surface area (Å²) in [5, 5.41) is 10.5. The molecular weight excluding hydrogens is 188 g/mol. The van der Waals surface area contributed by atoms with Crippen molar-refractivity contribution in [2.75, 3.05) is 0 Å². The second-order valence-corrected chi connectivity index (χ2v) is 3.75. The Morgan fingerprint density at radius 2 is 2.13 bits per heavy atom. The van der Waals surface area contributed by atoms with Crippen molar-refractivity contribution < 1.29 is 9.52 Å². The maximum atomic E-state index is 9.39. The zero-order chi connectivity index (χ0) is 10.8. The van der Waals surface area contributed by atoms with Gasteiger partial charge in [0.1, 0.15) is 5.58 Å². The Hall–Kier alpha value is -1.54. The van der Waals surface area contributed by atoms with Crippen molar-refractivity contribution in [3.8, 4) is 0 Å². The van der Waals surface area contributed by atoms with Gasteiger partial charge in [0.25, 0.3) is 0 Å². The molecule has 0 radical (unpaired) electrons. The minimum atomic E-state index is -0.418. The molecule has 1 aromatic carbocycles. The molecule has 1 aromatic heterocycles. The van der Waals surface area contributed by atoms with Crippen LogP contribution in [0, 0.1) is 0 Å². The first-order valence-corrected chi connectivity index (χ1v) is 5.01. The highest BCUT2D eigenvalue weighted by atomic mass is 16.3. The normalized spacial score (nSPS) is 14.5. The molecule has 15 heavy (non-hydrogen) atoms. The summed E-state index contributed by atoms with van der Waals surface area (Å²) in [6.45, 7) is 3.67. The van der Waals surface area contributed by atoms with Gasteiger partial charge >= 0.3 is 0 Å². The van der Waals surface area contributed by atoms with Gasteiger partial charge < -0.3 is 9.52 Å². The molecule has 0 fully saturated rings. The van der Waals surface area contributed by atoms with Gasteiger partial charge in [0, 0.05) is 10.9 Å². The Balaban J connectivity index is 2.49. The second-order valence-electron chi connectivity index (χ2n) is 3.75. The number of rotatable bonds is 2. The molecule has 1 heterocycles. The molecule has 0 saturated carbocycles. The van der Waals surface area contributed by atoms with Crippen LogP contribution in [0.25, 0.3) is 17.0 Å². The van der Waals surface area contributed by atoms with Crippen molar-refractivity contribution in [2.24, 2.45) is 0 Å². The Bertz CT molecular complexity index is 492. The van der Waals surface area contributed by atoms with Crippen LogP contribution in [0.3, 0.4) is 0 Å². The molecule has 0 aliphatic heterocycles. The van der Waals surface area contributed by atoms with Gasteiger partial charge in [0.2, 0.25) is 0 Å². The van der Waals surface area contributed by atoms with E-state index in [2.05, 4.69) is 0 Å². The summed E-state index contributed by atoms with van der Waals surface area (Å²) < 4.78 is 5.40. The highest BCUT2D eigenvalue weighted by Crippen LogP contribution is 2.23. The van der Waals surface area contributed by atoms with Gasteiger partial charge in [-0.15, -0.1) is 0 Å². The fourth-order valence-corrected chi connectivity index (χ4v) is 1.48. The predicted molar refractivity (Wildman–Crippen MR) is 61.5 cm³/mol. The summed E-state index contributed by atoms with van der Waals surface area (Å²) in [5.74, 6) is 0. The summed E-state index contributed by atoms with van der Waals surface area (Å²) in [5.41, 5.74) is 2.83. The van der Waals surface area contributed by atoms with Crippen molar-refractivity contribution in [1.29, 1.82) is 0 Å². The van der Waals surface area contributed by atoms with E-state index in [1.165, 1.54) is 0 Å². The molecule has 0 saturated heterocycles. The van der Waals surface area contributed by atoms with Gasteiger partial charge in [-0.25, -0.2) is 0 Å². The van der Waals surface area contributed by atoms with E-state index in [0.717, 1.165) is 22.1 Å². The summed E-state index contributed by atoms with van der Waals surface area (Å²) in [7, 11) is 0. The van der Waals surface area contributed by atoms with E-state index in [-0.39, 0.29) is 0 Å². The van der Waals surface area contributed by atoms with Crippen LogP contribution in [0.15, 0.2) is 40.5 Å². The lowest BCUT2D eigenvalue weighted by Gasteiger charge is -2.02. The Morgan fingerprint density at radius 3 is 2.87 bits per heavy atom. The molecule has 78 valence electrons. The fraction of sp³-hybridized carbons (Fsp3) is 0.231. The summed E-state index contributed by atoms with van der Waals surface area (Å²) in [6.07, 6.45) is 3.26. The third kappa shape index (κ3) is 1.95. The van der Waals surface area contributed by atoms with E-state index in [0.29, 0.717) is 0 Å². The van der Waals surface area contributed by atoms with Gasteiger partial charge in [-0.05, 0) is 31.6 Å². The first-order chi connectivity index (χ1) is 7.18. The lowest BCUT2D eigenvalue weighted by Crippen LogP contribution is -1.99. The van der Waals surface area contributed by atoms with E-state index in [9.17, 15) is 5.11 Å². The standard InChI is InChI=1S/C13H14O2/c1-9(10(2)14)7-11-8-15-13-6-4-3-5-12(11)13/h3-8,10,14H,1-2H3/b9-7+. The number of fused-ring (bicyclic) bond motifs is 1. The maximum absolute atomic E-state index is 9.39. The third-order valence-electron chi connectivity index (χ3n) is 2.55. The monoisotopic (exact) mass is 202 g/mol. The largest absolute Gasteiger partial charge is 0.464 e. The van der Waals surface area contributed by atoms with Gasteiger partial charge in [0.05, 0.1) is 12.4 Å². The Labute approximate surface area is 88.8 Å². The lowest BCUT2D eigenvalue weighted by molar-refractivity contribution is 0.232. The van der Waals surface area contributed by atoms with Crippen molar-refractivity contribution >= 4 is 17.0 Å². The first-order valence-electron chi connectivity index (χ1n) is 5.01. The van der Waals surface area contributed by atoms with Gasteiger partial charge in [-0.1, -0.05) is 18.2 Å². The number of aliphatic hydroxyl groups is 1. The SMILES string of the molecule is C/C(=C\c1coc2ccccc12)C(C)O. The number of para-hydroxylation sites is 1. The molecule has 2 aromatic rings. The van der Waals surface area contributed by atoms with Crippen molar-refractivity contribution in [3.05, 3.63) is 41.7 Å². The molecule has 1 atom stereocenters. The molecule has 0 amide bonds. The van der Waals surface area contributed by atoms with Crippen LogP contribution in [0.1, 0.15) is 19.4 Å². The van der Waals surface area contributed by atoms with Crippen LogP contribution in [0.4, 0.5) is 0 Å². The zero-order valence-electron chi connectivity index (χ0n) is 8.90. The molecule has 1 N–H and O–H groups in total. The van der Waals surface area contributed by atoms with Crippen LogP contribution in [0.2, 0.25) is 0 Å². The molecule has 2 rings (SSSR count). The highest BCUT2D eigenvalue weighted by molar-refractivity contribution is 5.87. The number of furan rings is 1. The van der Waals surface area contributed by atoms with E-state index < -0.39 is 6.10 Å². The quantitative estimate of drug-likeness (QED) is 0.811. The first kappa shape index (κ1) is 9.99. The van der Waals surface area contributed by atoms with Crippen molar-refractivity contribution in [3.63, 3.8) is 0 Å². The van der Waals surface area contributed by atoms with E-state index in [1.807, 2.05) is 37.3 Å². The Morgan fingerprint density at radius 1 is 1.40 bits per heavy atom. The number of hydrogen-bond acceptors (Lipinski definition) is 2. The van der Waals surface area contributed by atoms with Crippen molar-refractivity contribution in [1.82, 2.24) is 0 Å². The minimum Gasteiger partial charge on any atom is -0.464 e. The molecule has 1 unspecified atom stereocenters. The average molecular weight is 202 g/mol. The van der Waals surface area contributed by atoms with Crippen LogP contribution >= 0.6 is 0 Å². The van der Waals surface area contributed by atoms with E-state index in [1.54, 1.807) is 13.2 Å². The summed E-state index contributed by atoms with van der Waals surface area (Å²) in [6, 6.07) is 7.87. The summed E-state index contributed by atoms with van der Waals surface area (Å²) in [4.78, 5) is 0. The minimum absolute atomic E-state index is 0.418. The summed E-state index contributed by atoms with van der Waals surface area (Å²) >= 11 is 0. The molecular formula is C13H14O2. The van der Waals surface area contributed by atoms with Crippen molar-refractivity contribution in [2.45, 2.75) is 20.0 Å². The number of hydrogen-bond donors (Lipinski definition) is 1. The molecule has 2 nitrogen and oxygen atoms in total. The van der Waals surface area contributed by atoms with Crippen LogP contribution in [-0.4, -0.2) is 11.2 Å². The average Bonchev–Trinajstić information content (AvgIpc) is 2.62. The van der Waals surface area contributed by atoms with Crippen LogP contribution in [0.5, 0.6) is 0 Å². The number of benzene rings is 1. The smallest absolute Gasteiger partial charge is 0.134 e. The molecule has 0 aliphatic rings. The third-order valence-corrected chi connectivity index (χ3v) is 2.55. The predicted octanol–water partition coefficient (Wildman–Crippen LogP) is 3.22.